The fourth-order valence-corrected chi connectivity index (χ4v) is 2.46. The van der Waals surface area contributed by atoms with Gasteiger partial charge in [-0.3, -0.25) is 4.79 Å². The van der Waals surface area contributed by atoms with E-state index in [1.807, 2.05) is 0 Å². The molecule has 0 atom stereocenters. The monoisotopic (exact) mass is 285 g/mol. The van der Waals surface area contributed by atoms with Gasteiger partial charge in [0.25, 0.3) is 0 Å². The lowest BCUT2D eigenvalue weighted by atomic mass is 10.1. The first-order valence-corrected chi connectivity index (χ1v) is 7.66. The van der Waals surface area contributed by atoms with Crippen molar-refractivity contribution in [1.82, 2.24) is 10.0 Å². The molecule has 0 aromatic heterocycles. The zero-order valence-electron chi connectivity index (χ0n) is 10.8. The summed E-state index contributed by atoms with van der Waals surface area (Å²) >= 11 is 0. The number of nitrogens with one attached hydrogen (secondary N) is 2. The minimum atomic E-state index is -3.29. The largest absolute Gasteiger partial charge is 0.399 e. The summed E-state index contributed by atoms with van der Waals surface area (Å²) < 4.78 is 25.0. The smallest absolute Gasteiger partial charge is 0.224 e. The summed E-state index contributed by atoms with van der Waals surface area (Å²) in [6.45, 7) is 2.15. The molecule has 0 aliphatic carbocycles. The third-order valence-corrected chi connectivity index (χ3v) is 3.87. The van der Waals surface area contributed by atoms with Crippen molar-refractivity contribution >= 4 is 21.6 Å². The van der Waals surface area contributed by atoms with Crippen molar-refractivity contribution in [1.29, 1.82) is 0 Å². The third kappa shape index (κ3) is 6.21. The van der Waals surface area contributed by atoms with Crippen LogP contribution in [0.1, 0.15) is 12.5 Å². The van der Waals surface area contributed by atoms with Crippen LogP contribution in [0.5, 0.6) is 0 Å². The summed E-state index contributed by atoms with van der Waals surface area (Å²) in [5.74, 6) is -0.328. The number of carbonyl (C=O) groups is 1. The Hall–Kier alpha value is -1.60. The lowest BCUT2D eigenvalue weighted by Crippen LogP contribution is -2.34. The molecule has 0 unspecified atom stereocenters. The van der Waals surface area contributed by atoms with E-state index in [1.54, 1.807) is 31.2 Å². The van der Waals surface area contributed by atoms with Crippen LogP contribution in [0.4, 0.5) is 5.69 Å². The van der Waals surface area contributed by atoms with Crippen LogP contribution >= 0.6 is 0 Å². The molecule has 0 aliphatic rings. The number of nitrogen functional groups attached to an aromatic ring is 1. The van der Waals surface area contributed by atoms with Gasteiger partial charge in [0.15, 0.2) is 0 Å². The molecule has 0 radical (unpaired) electrons. The Bertz CT molecular complexity index is 512. The number of benzene rings is 1. The Labute approximate surface area is 113 Å². The average Bonchev–Trinajstić information content (AvgIpc) is 2.31. The molecule has 1 aromatic rings. The number of nitrogens with two attached hydrogens (primary N) is 1. The van der Waals surface area contributed by atoms with Gasteiger partial charge in [0, 0.05) is 18.8 Å². The maximum Gasteiger partial charge on any atom is 0.224 e. The second kappa shape index (κ2) is 7.10. The zero-order valence-corrected chi connectivity index (χ0v) is 11.7. The van der Waals surface area contributed by atoms with Crippen molar-refractivity contribution in [2.24, 2.45) is 0 Å². The molecule has 0 saturated carbocycles. The highest BCUT2D eigenvalue weighted by Crippen LogP contribution is 2.05. The predicted molar refractivity (Wildman–Crippen MR) is 75.0 cm³/mol. The number of sulfonamides is 1. The minimum absolute atomic E-state index is 0.100. The second-order valence-electron chi connectivity index (χ2n) is 4.09. The van der Waals surface area contributed by atoms with E-state index >= 15 is 0 Å². The van der Waals surface area contributed by atoms with Gasteiger partial charge in [-0.25, -0.2) is 13.1 Å². The Morgan fingerprint density at radius 2 is 1.89 bits per heavy atom. The lowest BCUT2D eigenvalue weighted by molar-refractivity contribution is -0.120. The van der Waals surface area contributed by atoms with Crippen molar-refractivity contribution in [3.05, 3.63) is 29.8 Å². The fourth-order valence-electron chi connectivity index (χ4n) is 1.50. The Morgan fingerprint density at radius 1 is 1.26 bits per heavy atom. The molecule has 0 fully saturated rings. The van der Waals surface area contributed by atoms with Gasteiger partial charge in [-0.15, -0.1) is 0 Å². The molecule has 0 saturated heterocycles. The normalized spacial score (nSPS) is 11.2. The Morgan fingerprint density at radius 3 is 2.47 bits per heavy atom. The quantitative estimate of drug-likeness (QED) is 0.607. The van der Waals surface area contributed by atoms with Crippen LogP contribution in [0.3, 0.4) is 0 Å². The molecule has 4 N–H and O–H groups in total. The molecule has 1 aromatic carbocycles. The number of amides is 1. The molecular formula is C12H19N3O3S. The molecule has 19 heavy (non-hydrogen) atoms. The Balaban J connectivity index is 2.34. The molecular weight excluding hydrogens is 266 g/mol. The molecule has 6 nitrogen and oxygen atoms in total. The first-order chi connectivity index (χ1) is 8.93. The maximum atomic E-state index is 11.6. The summed E-state index contributed by atoms with van der Waals surface area (Å²) in [6, 6.07) is 6.98. The number of carbonyl (C=O) groups excluding carboxylic acids is 1. The highest BCUT2D eigenvalue weighted by molar-refractivity contribution is 7.89. The Kier molecular flexibility index (Phi) is 5.78. The maximum absolute atomic E-state index is 11.6. The predicted octanol–water partition coefficient (Wildman–Crippen LogP) is -0.133. The van der Waals surface area contributed by atoms with Crippen LogP contribution in [0, 0.1) is 0 Å². The molecule has 106 valence electrons. The van der Waals surface area contributed by atoms with E-state index in [9.17, 15) is 13.2 Å². The summed E-state index contributed by atoms with van der Waals surface area (Å²) in [5, 5.41) is 2.57. The lowest BCUT2D eigenvalue weighted by Gasteiger charge is -2.07. The number of anilines is 1. The first-order valence-electron chi connectivity index (χ1n) is 6.01. The van der Waals surface area contributed by atoms with E-state index in [1.165, 1.54) is 0 Å². The van der Waals surface area contributed by atoms with Gasteiger partial charge in [-0.1, -0.05) is 19.1 Å². The SMILES string of the molecule is CCNS(=O)(=O)CCNC(=O)Cc1ccc(N)cc1. The van der Waals surface area contributed by atoms with Crippen LogP contribution in [-0.2, 0) is 21.2 Å². The van der Waals surface area contributed by atoms with Gasteiger partial charge in [0.1, 0.15) is 0 Å². The van der Waals surface area contributed by atoms with E-state index in [0.717, 1.165) is 5.56 Å². The third-order valence-electron chi connectivity index (χ3n) is 2.40. The standard InChI is InChI=1S/C12H19N3O3S/c1-2-15-19(17,18)8-7-14-12(16)9-10-3-5-11(13)6-4-10/h3-6,15H,2,7-9,13H2,1H3,(H,14,16). The van der Waals surface area contributed by atoms with E-state index in [0.29, 0.717) is 12.2 Å². The van der Waals surface area contributed by atoms with Crippen LogP contribution in [0.15, 0.2) is 24.3 Å². The van der Waals surface area contributed by atoms with Crippen LogP contribution in [-0.4, -0.2) is 33.2 Å². The van der Waals surface area contributed by atoms with Crippen molar-refractivity contribution < 1.29 is 13.2 Å². The second-order valence-corrected chi connectivity index (χ2v) is 6.01. The van der Waals surface area contributed by atoms with E-state index in [2.05, 4.69) is 10.0 Å². The molecule has 0 aliphatic heterocycles. The van der Waals surface area contributed by atoms with Gasteiger partial charge in [0.2, 0.25) is 15.9 Å². The van der Waals surface area contributed by atoms with Gasteiger partial charge in [-0.05, 0) is 17.7 Å². The fraction of sp³-hybridized carbons (Fsp3) is 0.417. The zero-order chi connectivity index (χ0) is 14.3. The van der Waals surface area contributed by atoms with Gasteiger partial charge >= 0.3 is 0 Å². The van der Waals surface area contributed by atoms with E-state index < -0.39 is 10.0 Å². The van der Waals surface area contributed by atoms with E-state index in [-0.39, 0.29) is 24.6 Å². The van der Waals surface area contributed by atoms with Gasteiger partial charge in [-0.2, -0.15) is 0 Å². The molecule has 7 heteroatoms. The van der Waals surface area contributed by atoms with Crippen LogP contribution < -0.4 is 15.8 Å². The van der Waals surface area contributed by atoms with E-state index in [4.69, 9.17) is 5.73 Å². The minimum Gasteiger partial charge on any atom is -0.399 e. The van der Waals surface area contributed by atoms with Crippen LogP contribution in [0.25, 0.3) is 0 Å². The first kappa shape index (κ1) is 15.5. The summed E-state index contributed by atoms with van der Waals surface area (Å²) in [6.07, 6.45) is 0.210. The molecule has 0 heterocycles. The molecule has 1 amide bonds. The van der Waals surface area contributed by atoms with Crippen molar-refractivity contribution in [2.45, 2.75) is 13.3 Å². The summed E-state index contributed by atoms with van der Waals surface area (Å²) in [7, 11) is -3.29. The van der Waals surface area contributed by atoms with Crippen molar-refractivity contribution in [3.8, 4) is 0 Å². The van der Waals surface area contributed by atoms with Crippen molar-refractivity contribution in [3.63, 3.8) is 0 Å². The topological polar surface area (TPSA) is 101 Å². The highest BCUT2D eigenvalue weighted by Gasteiger charge is 2.09. The number of hydrogen-bond acceptors (Lipinski definition) is 4. The van der Waals surface area contributed by atoms with Crippen LogP contribution in [0.2, 0.25) is 0 Å². The molecule has 0 spiro atoms. The number of rotatable bonds is 7. The van der Waals surface area contributed by atoms with Gasteiger partial charge in [0.05, 0.1) is 12.2 Å². The number of hydrogen-bond donors (Lipinski definition) is 3. The summed E-state index contributed by atoms with van der Waals surface area (Å²) in [4.78, 5) is 11.6. The molecule has 0 bridgehead atoms. The summed E-state index contributed by atoms with van der Waals surface area (Å²) in [5.41, 5.74) is 7.01. The molecule has 1 rings (SSSR count). The van der Waals surface area contributed by atoms with Crippen molar-refractivity contribution in [2.75, 3.05) is 24.6 Å². The average molecular weight is 285 g/mol. The van der Waals surface area contributed by atoms with Gasteiger partial charge < -0.3 is 11.1 Å². The highest BCUT2D eigenvalue weighted by atomic mass is 32.2.